The molecule has 2 aromatic carbocycles. The van der Waals surface area contributed by atoms with Crippen molar-refractivity contribution in [1.29, 1.82) is 0 Å². The van der Waals surface area contributed by atoms with Gasteiger partial charge in [-0.3, -0.25) is 38.5 Å². The van der Waals surface area contributed by atoms with Crippen LogP contribution in [0.4, 0.5) is 8.78 Å². The minimum atomic E-state index is -1.62. The summed E-state index contributed by atoms with van der Waals surface area (Å²) in [7, 11) is 1.31. The number of aliphatic hydroxyl groups is 1. The molecular weight excluding hydrogens is 845 g/mol. The first-order valence-corrected chi connectivity index (χ1v) is 20.9. The fraction of sp³-hybridized carbons (Fsp3) is 0.391. The van der Waals surface area contributed by atoms with Crippen molar-refractivity contribution in [1.82, 2.24) is 41.0 Å². The molecule has 0 aliphatic carbocycles. The van der Waals surface area contributed by atoms with Gasteiger partial charge in [0.05, 0.1) is 18.9 Å². The molecule has 5 atom stereocenters. The number of rotatable bonds is 21. The van der Waals surface area contributed by atoms with Crippen LogP contribution in [0.15, 0.2) is 85.3 Å². The number of halogens is 2. The third-order valence-corrected chi connectivity index (χ3v) is 10.4. The number of carbonyl (C=O) groups is 7. The summed E-state index contributed by atoms with van der Waals surface area (Å²) in [5, 5.41) is 22.7. The molecule has 0 aliphatic rings. The lowest BCUT2D eigenvalue weighted by Gasteiger charge is -2.41. The van der Waals surface area contributed by atoms with E-state index >= 15 is 4.39 Å². The van der Waals surface area contributed by atoms with Crippen molar-refractivity contribution in [2.24, 2.45) is 11.1 Å². The van der Waals surface area contributed by atoms with Crippen LogP contribution in [0.1, 0.15) is 70.3 Å². The molecule has 19 heteroatoms. The van der Waals surface area contributed by atoms with Gasteiger partial charge in [0.2, 0.25) is 41.4 Å². The van der Waals surface area contributed by atoms with Crippen LogP contribution in [0.2, 0.25) is 0 Å². The number of amides is 7. The maximum Gasteiger partial charge on any atom is 0.248 e. The highest BCUT2D eigenvalue weighted by atomic mass is 19.1. The summed E-state index contributed by atoms with van der Waals surface area (Å²) in [6, 6.07) is 11.1. The Morgan fingerprint density at radius 1 is 0.800 bits per heavy atom. The number of hydrogen-bond acceptors (Lipinski definition) is 9. The Labute approximate surface area is 375 Å². The maximum absolute atomic E-state index is 15.2. The Hall–Kier alpha value is -7.02. The molecule has 65 heavy (non-hydrogen) atoms. The van der Waals surface area contributed by atoms with E-state index in [0.29, 0.717) is 16.8 Å². The number of nitrogens with one attached hydrogen (secondary N) is 5. The predicted molar refractivity (Wildman–Crippen MR) is 236 cm³/mol. The molecule has 4 aromatic rings. The van der Waals surface area contributed by atoms with E-state index in [9.17, 15) is 43.1 Å². The molecule has 2 heterocycles. The van der Waals surface area contributed by atoms with Crippen LogP contribution >= 0.6 is 0 Å². The highest BCUT2D eigenvalue weighted by Gasteiger charge is 2.38. The Kier molecular flexibility index (Phi) is 18.0. The van der Waals surface area contributed by atoms with Crippen LogP contribution in [0.5, 0.6) is 0 Å². The summed E-state index contributed by atoms with van der Waals surface area (Å²) in [4.78, 5) is 97.0. The second-order valence-corrected chi connectivity index (χ2v) is 16.7. The first-order valence-electron chi connectivity index (χ1n) is 20.9. The van der Waals surface area contributed by atoms with Crippen molar-refractivity contribution in [2.45, 2.75) is 90.6 Å². The van der Waals surface area contributed by atoms with Crippen LogP contribution < -0.4 is 32.3 Å². The molecule has 0 aliphatic heterocycles. The molecule has 4 rings (SSSR count). The molecule has 0 saturated heterocycles. The Morgan fingerprint density at radius 2 is 1.43 bits per heavy atom. The molecular formula is C46H57F2N9O8. The SMILES string of the molecule is CNC(=O)[C@H](CCN(C(=O)CO)[C@@H](c1cc(-c2cc(F)ccc2F)cn1Cc1ccccc1)C(C)(C)C)NC(=O)[C@H](CC(N)=O)NC(=O)[C@H](C)NC(=O)[C@H](C)NC(=O)Cc1ccncc1. The highest BCUT2D eigenvalue weighted by molar-refractivity contribution is 5.97. The van der Waals surface area contributed by atoms with E-state index in [4.69, 9.17) is 5.73 Å². The zero-order valence-corrected chi connectivity index (χ0v) is 37.2. The molecule has 2 aromatic heterocycles. The monoisotopic (exact) mass is 901 g/mol. The van der Waals surface area contributed by atoms with Gasteiger partial charge in [-0.15, -0.1) is 0 Å². The van der Waals surface area contributed by atoms with E-state index in [0.717, 1.165) is 23.8 Å². The average Bonchev–Trinajstić information content (AvgIpc) is 3.66. The number of likely N-dealkylation sites (N-methyl/N-ethyl adjacent to an activating group) is 1. The van der Waals surface area contributed by atoms with E-state index in [-0.39, 0.29) is 31.5 Å². The molecule has 7 amide bonds. The third kappa shape index (κ3) is 14.5. The fourth-order valence-corrected chi connectivity index (χ4v) is 7.24. The first-order chi connectivity index (χ1) is 30.7. The number of hydrogen-bond donors (Lipinski definition) is 7. The largest absolute Gasteiger partial charge is 0.387 e. The van der Waals surface area contributed by atoms with Crippen molar-refractivity contribution in [3.05, 3.63) is 114 Å². The van der Waals surface area contributed by atoms with E-state index < -0.39 is 102 Å². The molecule has 0 bridgehead atoms. The topological polar surface area (TPSA) is 247 Å². The van der Waals surface area contributed by atoms with Gasteiger partial charge in [-0.05, 0) is 73.2 Å². The third-order valence-electron chi connectivity index (χ3n) is 10.4. The number of carbonyl (C=O) groups excluding carboxylic acids is 7. The van der Waals surface area contributed by atoms with Crippen LogP contribution in [-0.4, -0.2) is 105 Å². The lowest BCUT2D eigenvalue weighted by molar-refractivity contribution is -0.140. The van der Waals surface area contributed by atoms with Crippen LogP contribution in [0.25, 0.3) is 11.1 Å². The number of benzene rings is 2. The van der Waals surface area contributed by atoms with Crippen molar-refractivity contribution < 1.29 is 47.4 Å². The standard InChI is InChI=1S/C46H57F2N9O8/c1-27(52-39(60)20-29-14-17-51-18-15-29)42(62)53-28(2)43(63)55-36(23-38(49)59)45(65)54-35(44(64)50-6)16-19-57(40(61)26-58)41(46(3,4)5)37-21-31(33-22-32(47)12-13-34(33)48)25-56(37)24-30-10-8-7-9-11-30/h7-15,17-18,21-22,25,27-28,35-36,41,58H,16,19-20,23-24,26H2,1-6H3,(H2,49,59)(H,50,64)(H,52,60)(H,53,62)(H,54,65)(H,55,63)/t27-,28-,35-,36-,41-/m0/s1. The number of pyridine rings is 1. The Balaban J connectivity index is 1.56. The minimum absolute atomic E-state index is 0.0154. The van der Waals surface area contributed by atoms with Crippen molar-refractivity contribution in [3.63, 3.8) is 0 Å². The van der Waals surface area contributed by atoms with Crippen molar-refractivity contribution >= 4 is 41.4 Å². The second-order valence-electron chi connectivity index (χ2n) is 16.7. The molecule has 0 radical (unpaired) electrons. The summed E-state index contributed by atoms with van der Waals surface area (Å²) in [6.07, 6.45) is 3.73. The molecule has 17 nitrogen and oxygen atoms in total. The smallest absolute Gasteiger partial charge is 0.248 e. The van der Waals surface area contributed by atoms with Gasteiger partial charge in [0, 0.05) is 55.5 Å². The lowest BCUT2D eigenvalue weighted by atomic mass is 9.82. The van der Waals surface area contributed by atoms with Gasteiger partial charge in [-0.1, -0.05) is 51.1 Å². The lowest BCUT2D eigenvalue weighted by Crippen LogP contribution is -2.58. The van der Waals surface area contributed by atoms with E-state index in [2.05, 4.69) is 31.6 Å². The van der Waals surface area contributed by atoms with Gasteiger partial charge in [-0.25, -0.2) is 8.78 Å². The van der Waals surface area contributed by atoms with Crippen LogP contribution in [0.3, 0.4) is 0 Å². The van der Waals surface area contributed by atoms with Gasteiger partial charge in [0.15, 0.2) is 0 Å². The fourth-order valence-electron chi connectivity index (χ4n) is 7.24. The molecule has 0 saturated carbocycles. The molecule has 0 unspecified atom stereocenters. The summed E-state index contributed by atoms with van der Waals surface area (Å²) in [5.41, 5.74) is 6.97. The molecule has 348 valence electrons. The normalized spacial score (nSPS) is 13.6. The zero-order valence-electron chi connectivity index (χ0n) is 37.2. The van der Waals surface area contributed by atoms with E-state index in [1.807, 2.05) is 55.7 Å². The van der Waals surface area contributed by atoms with E-state index in [1.54, 1.807) is 24.4 Å². The predicted octanol–water partition coefficient (Wildman–Crippen LogP) is 2.02. The summed E-state index contributed by atoms with van der Waals surface area (Å²) >= 11 is 0. The maximum atomic E-state index is 15.2. The van der Waals surface area contributed by atoms with Gasteiger partial charge < -0.3 is 46.9 Å². The number of aliphatic hydroxyl groups excluding tert-OH is 1. The van der Waals surface area contributed by atoms with Gasteiger partial charge in [0.25, 0.3) is 0 Å². The van der Waals surface area contributed by atoms with Gasteiger partial charge >= 0.3 is 0 Å². The van der Waals surface area contributed by atoms with Crippen LogP contribution in [0, 0.1) is 17.0 Å². The summed E-state index contributed by atoms with van der Waals surface area (Å²) in [5.74, 6) is -6.82. The number of primary amides is 1. The number of aromatic nitrogens is 2. The first kappa shape index (κ1) is 50.6. The number of nitrogens with zero attached hydrogens (tertiary/aromatic N) is 3. The summed E-state index contributed by atoms with van der Waals surface area (Å²) < 4.78 is 31.5. The Morgan fingerprint density at radius 3 is 2.05 bits per heavy atom. The second kappa shape index (κ2) is 23.1. The quantitative estimate of drug-likeness (QED) is 0.0646. The zero-order chi connectivity index (χ0) is 48.0. The summed E-state index contributed by atoms with van der Waals surface area (Å²) in [6.45, 7) is 7.34. The molecule has 8 N–H and O–H groups in total. The number of nitrogens with two attached hydrogens (primary N) is 1. The molecule has 0 fully saturated rings. The van der Waals surface area contributed by atoms with Crippen molar-refractivity contribution in [3.8, 4) is 11.1 Å². The Bertz CT molecular complexity index is 2320. The molecule has 0 spiro atoms. The highest BCUT2D eigenvalue weighted by Crippen LogP contribution is 2.41. The van der Waals surface area contributed by atoms with Crippen LogP contribution in [-0.2, 0) is 46.5 Å². The van der Waals surface area contributed by atoms with Crippen molar-refractivity contribution in [2.75, 3.05) is 20.2 Å². The van der Waals surface area contributed by atoms with Gasteiger partial charge in [-0.2, -0.15) is 0 Å². The minimum Gasteiger partial charge on any atom is -0.387 e. The average molecular weight is 902 g/mol. The van der Waals surface area contributed by atoms with E-state index in [1.165, 1.54) is 38.2 Å². The van der Waals surface area contributed by atoms with Gasteiger partial charge in [0.1, 0.15) is 42.4 Å².